The van der Waals surface area contributed by atoms with Gasteiger partial charge in [-0.05, 0) is 39.2 Å². The topological polar surface area (TPSA) is 55.8 Å². The highest BCUT2D eigenvalue weighted by Gasteiger charge is 2.32. The van der Waals surface area contributed by atoms with Gasteiger partial charge in [0.15, 0.2) is 0 Å². The van der Waals surface area contributed by atoms with E-state index in [-0.39, 0.29) is 12.5 Å². The quantitative estimate of drug-likeness (QED) is 0.653. The van der Waals surface area contributed by atoms with Crippen LogP contribution in [0.2, 0.25) is 0 Å². The summed E-state index contributed by atoms with van der Waals surface area (Å²) in [5.41, 5.74) is 0. The lowest BCUT2D eigenvalue weighted by Crippen LogP contribution is -2.46. The Balaban J connectivity index is 1.81. The predicted octanol–water partition coefficient (Wildman–Crippen LogP) is 0.0436. The molecule has 0 radical (unpaired) electrons. The van der Waals surface area contributed by atoms with Crippen molar-refractivity contribution in [3.8, 4) is 0 Å². The third kappa shape index (κ3) is 4.44. The normalized spacial score (nSPS) is 23.0. The van der Waals surface area contributed by atoms with E-state index in [0.717, 1.165) is 32.5 Å². The Labute approximate surface area is 115 Å². The van der Waals surface area contributed by atoms with Crippen LogP contribution >= 0.6 is 0 Å². The third-order valence-corrected chi connectivity index (χ3v) is 4.06. The Morgan fingerprint density at radius 3 is 2.68 bits per heavy atom. The van der Waals surface area contributed by atoms with Crippen LogP contribution in [0.3, 0.4) is 0 Å². The molecule has 0 aromatic carbocycles. The first-order chi connectivity index (χ1) is 9.24. The number of rotatable bonds is 8. The fourth-order valence-electron chi connectivity index (χ4n) is 2.91. The smallest absolute Gasteiger partial charge is 0.236 e. The van der Waals surface area contributed by atoms with E-state index in [1.165, 1.54) is 12.8 Å². The van der Waals surface area contributed by atoms with Crippen LogP contribution in [0, 0.1) is 0 Å². The Morgan fingerprint density at radius 1 is 1.37 bits per heavy atom. The number of carbonyl (C=O) groups is 1. The third-order valence-electron chi connectivity index (χ3n) is 4.06. The zero-order chi connectivity index (χ0) is 13.7. The van der Waals surface area contributed by atoms with Crippen molar-refractivity contribution in [1.82, 2.24) is 15.1 Å². The molecule has 19 heavy (non-hydrogen) atoms. The van der Waals surface area contributed by atoms with Gasteiger partial charge in [0.2, 0.25) is 5.91 Å². The Bertz CT molecular complexity index is 288. The second-order valence-electron chi connectivity index (χ2n) is 5.66. The lowest BCUT2D eigenvalue weighted by molar-refractivity contribution is -0.133. The maximum Gasteiger partial charge on any atom is 0.236 e. The summed E-state index contributed by atoms with van der Waals surface area (Å²) in [7, 11) is 0. The number of nitrogens with one attached hydrogen (secondary N) is 1. The zero-order valence-electron chi connectivity index (χ0n) is 12.0. The number of hydrogen-bond acceptors (Lipinski definition) is 4. The van der Waals surface area contributed by atoms with Gasteiger partial charge in [-0.3, -0.25) is 9.69 Å². The molecule has 1 aliphatic carbocycles. The first-order valence-corrected chi connectivity index (χ1v) is 7.60. The van der Waals surface area contributed by atoms with Gasteiger partial charge >= 0.3 is 0 Å². The summed E-state index contributed by atoms with van der Waals surface area (Å²) in [5, 5.41) is 12.6. The second-order valence-corrected chi connectivity index (χ2v) is 5.66. The van der Waals surface area contributed by atoms with Crippen LogP contribution in [0.5, 0.6) is 0 Å². The predicted molar refractivity (Wildman–Crippen MR) is 75.0 cm³/mol. The van der Waals surface area contributed by atoms with Gasteiger partial charge in [-0.25, -0.2) is 0 Å². The molecule has 2 aliphatic rings. The van der Waals surface area contributed by atoms with E-state index in [4.69, 9.17) is 5.11 Å². The molecule has 1 atom stereocenters. The van der Waals surface area contributed by atoms with Gasteiger partial charge in [-0.1, -0.05) is 0 Å². The Hall–Kier alpha value is -0.650. The van der Waals surface area contributed by atoms with Crippen LogP contribution in [0.1, 0.15) is 32.6 Å². The minimum absolute atomic E-state index is 0.121. The van der Waals surface area contributed by atoms with Gasteiger partial charge in [0, 0.05) is 31.7 Å². The molecule has 2 N–H and O–H groups in total. The molecule has 1 saturated carbocycles. The maximum absolute atomic E-state index is 12.3. The highest BCUT2D eigenvalue weighted by molar-refractivity contribution is 5.78. The first-order valence-electron chi connectivity index (χ1n) is 7.60. The standard InChI is InChI=1S/C14H27N3O2/c1-2-17(13-5-6-13)14(19)11-16(8-9-18)10-12-4-3-7-15-12/h12-13,15,18H,2-11H2,1H3. The van der Waals surface area contributed by atoms with Gasteiger partial charge < -0.3 is 15.3 Å². The first kappa shape index (κ1) is 14.8. The average molecular weight is 269 g/mol. The van der Waals surface area contributed by atoms with Crippen LogP contribution in [0.4, 0.5) is 0 Å². The fourth-order valence-corrected chi connectivity index (χ4v) is 2.91. The highest BCUT2D eigenvalue weighted by atomic mass is 16.3. The molecule has 2 rings (SSSR count). The van der Waals surface area contributed by atoms with Crippen molar-refractivity contribution in [3.63, 3.8) is 0 Å². The molecule has 2 fully saturated rings. The van der Waals surface area contributed by atoms with Gasteiger partial charge in [-0.2, -0.15) is 0 Å². The molecule has 1 unspecified atom stereocenters. The number of nitrogens with zero attached hydrogens (tertiary/aromatic N) is 2. The molecule has 0 spiro atoms. The van der Waals surface area contributed by atoms with Crippen LogP contribution in [0.25, 0.3) is 0 Å². The van der Waals surface area contributed by atoms with Crippen molar-refractivity contribution in [2.75, 3.05) is 39.3 Å². The summed E-state index contributed by atoms with van der Waals surface area (Å²) in [4.78, 5) is 16.4. The molecule has 0 aromatic rings. The monoisotopic (exact) mass is 269 g/mol. The van der Waals surface area contributed by atoms with Crippen LogP contribution < -0.4 is 5.32 Å². The molecule has 0 aromatic heterocycles. The van der Waals surface area contributed by atoms with Crippen molar-refractivity contribution in [1.29, 1.82) is 0 Å². The van der Waals surface area contributed by atoms with Gasteiger partial charge in [0.25, 0.3) is 0 Å². The van der Waals surface area contributed by atoms with Crippen molar-refractivity contribution >= 4 is 5.91 Å². The SMILES string of the molecule is CCN(C(=O)CN(CCO)CC1CCCN1)C1CC1. The molecule has 1 saturated heterocycles. The van der Waals surface area contributed by atoms with Crippen LogP contribution in [0.15, 0.2) is 0 Å². The largest absolute Gasteiger partial charge is 0.395 e. The van der Waals surface area contributed by atoms with E-state index in [2.05, 4.69) is 10.2 Å². The number of aliphatic hydroxyl groups excluding tert-OH is 1. The second kappa shape index (κ2) is 7.22. The summed E-state index contributed by atoms with van der Waals surface area (Å²) >= 11 is 0. The zero-order valence-corrected chi connectivity index (χ0v) is 12.0. The van der Waals surface area contributed by atoms with Gasteiger partial charge in [0.05, 0.1) is 13.2 Å². The van der Waals surface area contributed by atoms with E-state index >= 15 is 0 Å². The molecule has 1 aliphatic heterocycles. The number of aliphatic hydroxyl groups is 1. The minimum atomic E-state index is 0.121. The lowest BCUT2D eigenvalue weighted by atomic mass is 10.2. The van der Waals surface area contributed by atoms with Crippen molar-refractivity contribution in [3.05, 3.63) is 0 Å². The van der Waals surface area contributed by atoms with E-state index in [1.54, 1.807) is 0 Å². The van der Waals surface area contributed by atoms with Crippen molar-refractivity contribution < 1.29 is 9.90 Å². The Morgan fingerprint density at radius 2 is 2.16 bits per heavy atom. The summed E-state index contributed by atoms with van der Waals surface area (Å²) in [5.74, 6) is 0.219. The number of hydrogen-bond donors (Lipinski definition) is 2. The number of amides is 1. The summed E-state index contributed by atoms with van der Waals surface area (Å²) in [6.45, 7) is 5.96. The molecule has 5 heteroatoms. The fraction of sp³-hybridized carbons (Fsp3) is 0.929. The van der Waals surface area contributed by atoms with Crippen molar-refractivity contribution in [2.24, 2.45) is 0 Å². The van der Waals surface area contributed by atoms with Gasteiger partial charge in [-0.15, -0.1) is 0 Å². The van der Waals surface area contributed by atoms with E-state index in [1.807, 2.05) is 11.8 Å². The lowest BCUT2D eigenvalue weighted by Gasteiger charge is -2.28. The van der Waals surface area contributed by atoms with Crippen molar-refractivity contribution in [2.45, 2.75) is 44.7 Å². The Kier molecular flexibility index (Phi) is 5.60. The van der Waals surface area contributed by atoms with Crippen LogP contribution in [-0.2, 0) is 4.79 Å². The van der Waals surface area contributed by atoms with E-state index in [9.17, 15) is 4.79 Å². The van der Waals surface area contributed by atoms with E-state index < -0.39 is 0 Å². The maximum atomic E-state index is 12.3. The summed E-state index contributed by atoms with van der Waals surface area (Å²) in [6, 6.07) is 0.966. The minimum Gasteiger partial charge on any atom is -0.395 e. The average Bonchev–Trinajstić information content (AvgIpc) is 3.07. The molecule has 5 nitrogen and oxygen atoms in total. The number of likely N-dealkylation sites (N-methyl/N-ethyl adjacent to an activating group) is 1. The van der Waals surface area contributed by atoms with Crippen LogP contribution in [-0.4, -0.2) is 72.2 Å². The molecule has 1 amide bonds. The summed E-state index contributed by atoms with van der Waals surface area (Å²) in [6.07, 6.45) is 4.71. The van der Waals surface area contributed by atoms with Gasteiger partial charge in [0.1, 0.15) is 0 Å². The number of carbonyl (C=O) groups excluding carboxylic acids is 1. The summed E-state index contributed by atoms with van der Waals surface area (Å²) < 4.78 is 0. The highest BCUT2D eigenvalue weighted by Crippen LogP contribution is 2.26. The molecular formula is C14H27N3O2. The molecule has 0 bridgehead atoms. The molecule has 110 valence electrons. The molecule has 1 heterocycles. The van der Waals surface area contributed by atoms with E-state index in [0.29, 0.717) is 25.2 Å². The molecular weight excluding hydrogens is 242 g/mol.